The lowest BCUT2D eigenvalue weighted by Crippen LogP contribution is -2.48. The summed E-state index contributed by atoms with van der Waals surface area (Å²) >= 11 is 0. The van der Waals surface area contributed by atoms with E-state index in [4.69, 9.17) is 0 Å². The molecule has 2 heterocycles. The number of nitrogens with zero attached hydrogens (tertiary/aromatic N) is 1. The van der Waals surface area contributed by atoms with Crippen molar-refractivity contribution in [3.63, 3.8) is 0 Å². The van der Waals surface area contributed by atoms with Crippen LogP contribution in [0.1, 0.15) is 45.4 Å². The minimum absolute atomic E-state index is 0.827. The second-order valence-electron chi connectivity index (χ2n) is 4.94. The maximum absolute atomic E-state index is 3.57. The number of hydrogen-bond acceptors (Lipinski definition) is 2. The van der Waals surface area contributed by atoms with Crippen LogP contribution in [0.5, 0.6) is 0 Å². The van der Waals surface area contributed by atoms with Crippen LogP contribution in [-0.2, 0) is 0 Å². The molecule has 2 rings (SSSR count). The minimum Gasteiger partial charge on any atom is -0.315 e. The molecular weight excluding hydrogens is 172 g/mol. The van der Waals surface area contributed by atoms with E-state index in [1.807, 2.05) is 0 Å². The van der Waals surface area contributed by atoms with Gasteiger partial charge in [-0.1, -0.05) is 12.8 Å². The summed E-state index contributed by atoms with van der Waals surface area (Å²) in [5.41, 5.74) is 0. The van der Waals surface area contributed by atoms with E-state index >= 15 is 0 Å². The normalized spacial score (nSPS) is 36.6. The lowest BCUT2D eigenvalue weighted by atomic mass is 9.99. The summed E-state index contributed by atoms with van der Waals surface area (Å²) in [5.74, 6) is 0. The van der Waals surface area contributed by atoms with Gasteiger partial charge in [-0.2, -0.15) is 0 Å². The highest BCUT2D eigenvalue weighted by Gasteiger charge is 2.26. The quantitative estimate of drug-likeness (QED) is 0.690. The molecule has 0 aromatic rings. The van der Waals surface area contributed by atoms with Gasteiger partial charge in [0.2, 0.25) is 0 Å². The molecule has 2 fully saturated rings. The molecule has 0 saturated carbocycles. The average molecular weight is 196 g/mol. The molecule has 1 N–H and O–H groups in total. The summed E-state index contributed by atoms with van der Waals surface area (Å²) in [6, 6.07) is 1.65. The lowest BCUT2D eigenvalue weighted by molar-refractivity contribution is 0.101. The zero-order valence-corrected chi connectivity index (χ0v) is 9.47. The van der Waals surface area contributed by atoms with E-state index in [2.05, 4.69) is 17.1 Å². The largest absolute Gasteiger partial charge is 0.315 e. The highest BCUT2D eigenvalue weighted by atomic mass is 15.2. The molecule has 0 aliphatic carbocycles. The van der Waals surface area contributed by atoms with Crippen molar-refractivity contribution in [1.82, 2.24) is 10.2 Å². The molecule has 2 heteroatoms. The molecule has 0 bridgehead atoms. The average Bonchev–Trinajstić information content (AvgIpc) is 2.47. The fourth-order valence-electron chi connectivity index (χ4n) is 2.95. The van der Waals surface area contributed by atoms with Gasteiger partial charge < -0.3 is 5.32 Å². The van der Waals surface area contributed by atoms with E-state index in [1.54, 1.807) is 0 Å². The Kier molecular flexibility index (Phi) is 3.82. The van der Waals surface area contributed by atoms with Crippen molar-refractivity contribution in [2.24, 2.45) is 0 Å². The molecule has 14 heavy (non-hydrogen) atoms. The first kappa shape index (κ1) is 10.4. The van der Waals surface area contributed by atoms with E-state index in [0.29, 0.717) is 0 Å². The van der Waals surface area contributed by atoms with Crippen molar-refractivity contribution >= 4 is 0 Å². The maximum atomic E-state index is 3.57. The molecule has 0 aromatic carbocycles. The summed E-state index contributed by atoms with van der Waals surface area (Å²) in [5, 5.41) is 3.57. The first-order valence-electron chi connectivity index (χ1n) is 6.34. The van der Waals surface area contributed by atoms with E-state index in [1.165, 1.54) is 58.2 Å². The predicted molar refractivity (Wildman–Crippen MR) is 60.5 cm³/mol. The van der Waals surface area contributed by atoms with E-state index < -0.39 is 0 Å². The van der Waals surface area contributed by atoms with Gasteiger partial charge in [0.1, 0.15) is 0 Å². The summed E-state index contributed by atoms with van der Waals surface area (Å²) in [7, 11) is 0. The fraction of sp³-hybridized carbons (Fsp3) is 1.00. The van der Waals surface area contributed by atoms with Crippen LogP contribution >= 0.6 is 0 Å². The van der Waals surface area contributed by atoms with Crippen LogP contribution in [-0.4, -0.2) is 36.6 Å². The molecule has 2 unspecified atom stereocenters. The van der Waals surface area contributed by atoms with Crippen LogP contribution in [0.2, 0.25) is 0 Å². The number of hydrogen-bond donors (Lipinski definition) is 1. The second kappa shape index (κ2) is 5.13. The molecule has 0 aromatic heterocycles. The zero-order valence-electron chi connectivity index (χ0n) is 9.47. The molecule has 82 valence electrons. The van der Waals surface area contributed by atoms with Crippen LogP contribution in [0.15, 0.2) is 0 Å². The summed E-state index contributed by atoms with van der Waals surface area (Å²) in [4.78, 5) is 2.75. The number of rotatable bonds is 1. The molecule has 0 amide bonds. The molecule has 2 aliphatic heterocycles. The number of nitrogens with one attached hydrogen (secondary N) is 1. The smallest absolute Gasteiger partial charge is 0.0223 e. The van der Waals surface area contributed by atoms with Gasteiger partial charge in [-0.15, -0.1) is 0 Å². The monoisotopic (exact) mass is 196 g/mol. The van der Waals surface area contributed by atoms with Gasteiger partial charge in [0.05, 0.1) is 0 Å². The molecule has 2 aliphatic rings. The van der Waals surface area contributed by atoms with Gasteiger partial charge in [-0.25, -0.2) is 0 Å². The minimum atomic E-state index is 0.827. The predicted octanol–water partition coefficient (Wildman–Crippen LogP) is 2.00. The van der Waals surface area contributed by atoms with E-state index in [9.17, 15) is 0 Å². The molecule has 2 saturated heterocycles. The Morgan fingerprint density at radius 3 is 2.79 bits per heavy atom. The second-order valence-corrected chi connectivity index (χ2v) is 4.94. The lowest BCUT2D eigenvalue weighted by Gasteiger charge is -2.39. The molecule has 0 spiro atoms. The van der Waals surface area contributed by atoms with Crippen molar-refractivity contribution in [2.45, 2.75) is 57.5 Å². The fourth-order valence-corrected chi connectivity index (χ4v) is 2.95. The van der Waals surface area contributed by atoms with Gasteiger partial charge in [0.15, 0.2) is 0 Å². The van der Waals surface area contributed by atoms with Crippen LogP contribution < -0.4 is 5.32 Å². The number of likely N-dealkylation sites (tertiary alicyclic amines) is 1. The first-order valence-corrected chi connectivity index (χ1v) is 6.34. The maximum Gasteiger partial charge on any atom is 0.0223 e. The van der Waals surface area contributed by atoms with Crippen LogP contribution in [0.3, 0.4) is 0 Å². The van der Waals surface area contributed by atoms with Crippen molar-refractivity contribution in [1.29, 1.82) is 0 Å². The molecule has 0 radical (unpaired) electrons. The van der Waals surface area contributed by atoms with Crippen molar-refractivity contribution < 1.29 is 0 Å². The third-order valence-corrected chi connectivity index (χ3v) is 3.84. The van der Waals surface area contributed by atoms with Crippen LogP contribution in [0, 0.1) is 0 Å². The Hall–Kier alpha value is -0.0800. The Morgan fingerprint density at radius 1 is 1.07 bits per heavy atom. The molecular formula is C12H24N2. The van der Waals surface area contributed by atoms with E-state index in [-0.39, 0.29) is 0 Å². The highest BCUT2D eigenvalue weighted by Crippen LogP contribution is 2.22. The van der Waals surface area contributed by atoms with Crippen molar-refractivity contribution in [3.05, 3.63) is 0 Å². The number of piperidine rings is 1. The van der Waals surface area contributed by atoms with Gasteiger partial charge in [0.25, 0.3) is 0 Å². The molecule has 2 nitrogen and oxygen atoms in total. The van der Waals surface area contributed by atoms with Gasteiger partial charge in [0, 0.05) is 18.6 Å². The standard InChI is InChI=1S/C12H24N2/c1-11-6-3-5-9-14(11)12-7-2-4-8-13-10-12/h11-13H,2-10H2,1H3. The van der Waals surface area contributed by atoms with Crippen molar-refractivity contribution in [3.8, 4) is 0 Å². The summed E-state index contributed by atoms with van der Waals surface area (Å²) in [6.07, 6.45) is 8.48. The third kappa shape index (κ3) is 2.48. The van der Waals surface area contributed by atoms with Crippen molar-refractivity contribution in [2.75, 3.05) is 19.6 Å². The Morgan fingerprint density at radius 2 is 1.93 bits per heavy atom. The van der Waals surface area contributed by atoms with Gasteiger partial charge in [-0.05, 0) is 45.7 Å². The first-order chi connectivity index (χ1) is 6.88. The Labute approximate surface area is 88.1 Å². The third-order valence-electron chi connectivity index (χ3n) is 3.84. The highest BCUT2D eigenvalue weighted by molar-refractivity contribution is 4.83. The van der Waals surface area contributed by atoms with Gasteiger partial charge >= 0.3 is 0 Å². The Bertz CT molecular complexity index is 162. The topological polar surface area (TPSA) is 15.3 Å². The van der Waals surface area contributed by atoms with Crippen LogP contribution in [0.25, 0.3) is 0 Å². The van der Waals surface area contributed by atoms with Gasteiger partial charge in [-0.3, -0.25) is 4.90 Å². The SMILES string of the molecule is CC1CCCCN1C1CCCCNC1. The van der Waals surface area contributed by atoms with Crippen LogP contribution in [0.4, 0.5) is 0 Å². The summed E-state index contributed by atoms with van der Waals surface area (Å²) < 4.78 is 0. The Balaban J connectivity index is 1.90. The van der Waals surface area contributed by atoms with E-state index in [0.717, 1.165) is 12.1 Å². The summed E-state index contributed by atoms with van der Waals surface area (Å²) in [6.45, 7) is 6.21. The zero-order chi connectivity index (χ0) is 9.80. The molecule has 2 atom stereocenters.